The maximum absolute atomic E-state index is 3.78. The summed E-state index contributed by atoms with van der Waals surface area (Å²) in [6, 6.07) is 3.40. The van der Waals surface area contributed by atoms with E-state index in [9.17, 15) is 0 Å². The first-order valence-electron chi connectivity index (χ1n) is 6.48. The van der Waals surface area contributed by atoms with E-state index in [4.69, 9.17) is 0 Å². The molecule has 0 aliphatic heterocycles. The van der Waals surface area contributed by atoms with E-state index in [1.165, 1.54) is 36.1 Å². The van der Waals surface area contributed by atoms with Gasteiger partial charge in [0.2, 0.25) is 0 Å². The first-order valence-corrected chi connectivity index (χ1v) is 7.36. The van der Waals surface area contributed by atoms with E-state index in [1.54, 1.807) is 0 Å². The average Bonchev–Trinajstić information content (AvgIpc) is 2.86. The van der Waals surface area contributed by atoms with Crippen molar-refractivity contribution in [3.8, 4) is 0 Å². The average molecular weight is 237 g/mol. The fourth-order valence-corrected chi connectivity index (χ4v) is 3.84. The maximum Gasteiger partial charge on any atom is 0.0390 e. The highest BCUT2D eigenvalue weighted by atomic mass is 32.1. The van der Waals surface area contributed by atoms with Gasteiger partial charge in [-0.05, 0) is 56.5 Å². The van der Waals surface area contributed by atoms with Gasteiger partial charge >= 0.3 is 0 Å². The van der Waals surface area contributed by atoms with Crippen molar-refractivity contribution >= 4 is 11.3 Å². The molecule has 90 valence electrons. The number of thiophene rings is 1. The summed E-state index contributed by atoms with van der Waals surface area (Å²) in [4.78, 5) is 1.50. The van der Waals surface area contributed by atoms with Crippen molar-refractivity contribution < 1.29 is 0 Å². The van der Waals surface area contributed by atoms with Gasteiger partial charge in [-0.15, -0.1) is 11.3 Å². The largest absolute Gasteiger partial charge is 0.307 e. The Kier molecular flexibility index (Phi) is 4.04. The summed E-state index contributed by atoms with van der Waals surface area (Å²) in [6.07, 6.45) is 5.71. The third kappa shape index (κ3) is 2.67. The lowest BCUT2D eigenvalue weighted by Gasteiger charge is -2.24. The van der Waals surface area contributed by atoms with E-state index in [0.717, 1.165) is 5.92 Å². The fraction of sp³-hybridized carbons (Fsp3) is 0.714. The van der Waals surface area contributed by atoms with Gasteiger partial charge < -0.3 is 5.32 Å². The Morgan fingerprint density at radius 1 is 1.31 bits per heavy atom. The van der Waals surface area contributed by atoms with Crippen molar-refractivity contribution in [2.24, 2.45) is 5.92 Å². The lowest BCUT2D eigenvalue weighted by atomic mass is 9.99. The number of nitrogens with one attached hydrogen (secondary N) is 1. The van der Waals surface area contributed by atoms with Crippen LogP contribution < -0.4 is 5.32 Å². The van der Waals surface area contributed by atoms with Crippen LogP contribution in [0, 0.1) is 12.8 Å². The van der Waals surface area contributed by atoms with Crippen molar-refractivity contribution in [1.29, 1.82) is 0 Å². The second kappa shape index (κ2) is 5.33. The Balaban J connectivity index is 1.91. The second-order valence-corrected chi connectivity index (χ2v) is 6.14. The zero-order valence-corrected chi connectivity index (χ0v) is 11.4. The number of hydrogen-bond acceptors (Lipinski definition) is 2. The van der Waals surface area contributed by atoms with Crippen LogP contribution in [0.25, 0.3) is 0 Å². The lowest BCUT2D eigenvalue weighted by Crippen LogP contribution is -2.34. The predicted molar refractivity (Wildman–Crippen MR) is 72.0 cm³/mol. The standard InChI is InChI=1S/C14H23NS/c1-10-8-9-16-14(10)12(3)15-11(2)13-6-4-5-7-13/h8-9,11-13,15H,4-7H2,1-3H3/t11-,12?/m0/s1. The van der Waals surface area contributed by atoms with Gasteiger partial charge in [-0.1, -0.05) is 12.8 Å². The molecule has 0 bridgehead atoms. The molecule has 1 fully saturated rings. The normalized spacial score (nSPS) is 21.2. The van der Waals surface area contributed by atoms with Crippen LogP contribution in [-0.2, 0) is 0 Å². The van der Waals surface area contributed by atoms with E-state index >= 15 is 0 Å². The van der Waals surface area contributed by atoms with Crippen LogP contribution in [0.1, 0.15) is 56.0 Å². The van der Waals surface area contributed by atoms with E-state index in [2.05, 4.69) is 37.5 Å². The molecule has 0 aromatic carbocycles. The molecule has 2 rings (SSSR count). The van der Waals surface area contributed by atoms with Crippen LogP contribution in [0.5, 0.6) is 0 Å². The monoisotopic (exact) mass is 237 g/mol. The first-order chi connectivity index (χ1) is 7.68. The van der Waals surface area contributed by atoms with Crippen molar-refractivity contribution in [2.75, 3.05) is 0 Å². The molecule has 1 aromatic heterocycles. The molecule has 1 saturated carbocycles. The number of rotatable bonds is 4. The number of hydrogen-bond donors (Lipinski definition) is 1. The summed E-state index contributed by atoms with van der Waals surface area (Å²) in [5.74, 6) is 0.905. The molecule has 0 radical (unpaired) electrons. The number of aryl methyl sites for hydroxylation is 1. The summed E-state index contributed by atoms with van der Waals surface area (Å²) < 4.78 is 0. The smallest absolute Gasteiger partial charge is 0.0390 e. The Morgan fingerprint density at radius 3 is 2.56 bits per heavy atom. The zero-order valence-electron chi connectivity index (χ0n) is 10.6. The molecule has 2 heteroatoms. The molecular weight excluding hydrogens is 214 g/mol. The van der Waals surface area contributed by atoms with Gasteiger partial charge in [0.25, 0.3) is 0 Å². The molecule has 1 aromatic rings. The molecule has 1 N–H and O–H groups in total. The third-order valence-corrected chi connectivity index (χ3v) is 5.12. The molecule has 1 aliphatic rings. The lowest BCUT2D eigenvalue weighted by molar-refractivity contribution is 0.354. The summed E-state index contributed by atoms with van der Waals surface area (Å²) in [5.41, 5.74) is 1.43. The zero-order chi connectivity index (χ0) is 11.5. The topological polar surface area (TPSA) is 12.0 Å². The van der Waals surface area contributed by atoms with E-state index in [0.29, 0.717) is 12.1 Å². The van der Waals surface area contributed by atoms with Crippen molar-refractivity contribution in [3.05, 3.63) is 21.9 Å². The Bertz CT molecular complexity index is 325. The summed E-state index contributed by atoms with van der Waals surface area (Å²) in [5, 5.41) is 5.97. The molecule has 0 spiro atoms. The molecule has 1 heterocycles. The minimum absolute atomic E-state index is 0.510. The molecule has 1 nitrogen and oxygen atoms in total. The predicted octanol–water partition coefficient (Wildman–Crippen LogP) is 4.29. The molecular formula is C14H23NS. The van der Waals surface area contributed by atoms with Gasteiger partial charge in [-0.2, -0.15) is 0 Å². The summed E-state index contributed by atoms with van der Waals surface area (Å²) in [7, 11) is 0. The Morgan fingerprint density at radius 2 is 2.00 bits per heavy atom. The van der Waals surface area contributed by atoms with Crippen LogP contribution in [-0.4, -0.2) is 6.04 Å². The van der Waals surface area contributed by atoms with Gasteiger partial charge in [-0.25, -0.2) is 0 Å². The van der Waals surface area contributed by atoms with Crippen LogP contribution in [0.4, 0.5) is 0 Å². The molecule has 16 heavy (non-hydrogen) atoms. The van der Waals surface area contributed by atoms with E-state index in [-0.39, 0.29) is 0 Å². The van der Waals surface area contributed by atoms with Crippen LogP contribution >= 0.6 is 11.3 Å². The minimum atomic E-state index is 0.510. The van der Waals surface area contributed by atoms with E-state index < -0.39 is 0 Å². The van der Waals surface area contributed by atoms with Crippen LogP contribution in [0.15, 0.2) is 11.4 Å². The van der Waals surface area contributed by atoms with Gasteiger partial charge in [0.15, 0.2) is 0 Å². The molecule has 1 aliphatic carbocycles. The van der Waals surface area contributed by atoms with Crippen molar-refractivity contribution in [1.82, 2.24) is 5.32 Å². The van der Waals surface area contributed by atoms with Crippen molar-refractivity contribution in [2.45, 2.75) is 58.5 Å². The van der Waals surface area contributed by atoms with Crippen LogP contribution in [0.2, 0.25) is 0 Å². The third-order valence-electron chi connectivity index (χ3n) is 3.91. The molecule has 2 atom stereocenters. The minimum Gasteiger partial charge on any atom is -0.307 e. The van der Waals surface area contributed by atoms with Gasteiger partial charge in [0, 0.05) is 17.0 Å². The molecule has 0 amide bonds. The molecule has 0 saturated heterocycles. The van der Waals surface area contributed by atoms with E-state index in [1.807, 2.05) is 11.3 Å². The highest BCUT2D eigenvalue weighted by Gasteiger charge is 2.23. The summed E-state index contributed by atoms with van der Waals surface area (Å²) in [6.45, 7) is 6.87. The van der Waals surface area contributed by atoms with Gasteiger partial charge in [0.05, 0.1) is 0 Å². The highest BCUT2D eigenvalue weighted by Crippen LogP contribution is 2.30. The SMILES string of the molecule is Cc1ccsc1C(C)N[C@@H](C)C1CCCC1. The highest BCUT2D eigenvalue weighted by molar-refractivity contribution is 7.10. The fourth-order valence-electron chi connectivity index (χ4n) is 2.89. The van der Waals surface area contributed by atoms with Crippen molar-refractivity contribution in [3.63, 3.8) is 0 Å². The summed E-state index contributed by atoms with van der Waals surface area (Å²) >= 11 is 1.88. The Hall–Kier alpha value is -0.340. The van der Waals surface area contributed by atoms with Crippen LogP contribution in [0.3, 0.4) is 0 Å². The van der Waals surface area contributed by atoms with Gasteiger partial charge in [0.1, 0.15) is 0 Å². The Labute approximate surface area is 103 Å². The quantitative estimate of drug-likeness (QED) is 0.824. The second-order valence-electron chi connectivity index (χ2n) is 5.19. The molecule has 1 unspecified atom stereocenters. The first kappa shape index (κ1) is 12.1. The van der Waals surface area contributed by atoms with Gasteiger partial charge in [-0.3, -0.25) is 0 Å². The maximum atomic E-state index is 3.78.